The zero-order chi connectivity index (χ0) is 30.1. The second-order valence-electron chi connectivity index (χ2n) is 12.2. The third-order valence-electron chi connectivity index (χ3n) is 9.01. The maximum absolute atomic E-state index is 14.1. The molecule has 1 N–H and O–H groups in total. The molecule has 4 atom stereocenters. The summed E-state index contributed by atoms with van der Waals surface area (Å²) in [5.74, 6) is -0.172. The molecule has 0 radical (unpaired) electrons. The highest BCUT2D eigenvalue weighted by Gasteiger charge is 2.41. The van der Waals surface area contributed by atoms with Crippen molar-refractivity contribution in [1.82, 2.24) is 9.97 Å². The number of pyridine rings is 1. The van der Waals surface area contributed by atoms with Gasteiger partial charge < -0.3 is 9.84 Å². The first kappa shape index (κ1) is 29.4. The van der Waals surface area contributed by atoms with Gasteiger partial charge >= 0.3 is 5.97 Å². The Hall–Kier alpha value is -3.63. The molecule has 4 heterocycles. The largest absolute Gasteiger partial charge is 0.481 e. The average molecular weight is 603 g/mol. The zero-order valence-electron chi connectivity index (χ0n) is 24.6. The molecule has 1 unspecified atom stereocenters. The number of nitrogens with zero attached hydrogens (tertiary/aromatic N) is 4. The number of anilines is 2. The van der Waals surface area contributed by atoms with Crippen LogP contribution >= 0.6 is 11.3 Å². The summed E-state index contributed by atoms with van der Waals surface area (Å²) in [5, 5.41) is 12.3. The van der Waals surface area contributed by atoms with Crippen LogP contribution in [0.3, 0.4) is 0 Å². The molecule has 3 aliphatic rings. The lowest BCUT2D eigenvalue weighted by molar-refractivity contribution is -0.141. The minimum atomic E-state index is -0.955. The predicted molar refractivity (Wildman–Crippen MR) is 166 cm³/mol. The Morgan fingerprint density at radius 2 is 1.86 bits per heavy atom. The van der Waals surface area contributed by atoms with Crippen LogP contribution in [0.1, 0.15) is 52.4 Å². The van der Waals surface area contributed by atoms with Crippen LogP contribution < -0.4 is 9.80 Å². The fourth-order valence-corrected chi connectivity index (χ4v) is 7.44. The number of benzene rings is 1. The molecule has 3 fully saturated rings. The van der Waals surface area contributed by atoms with Crippen LogP contribution in [-0.2, 0) is 19.1 Å². The molecule has 1 saturated carbocycles. The number of aromatic nitrogens is 2. The second-order valence-corrected chi connectivity index (χ2v) is 13.1. The van der Waals surface area contributed by atoms with Crippen LogP contribution in [0.2, 0.25) is 0 Å². The average Bonchev–Trinajstić information content (AvgIpc) is 3.54. The van der Waals surface area contributed by atoms with Gasteiger partial charge in [-0.15, -0.1) is 11.3 Å². The number of aliphatic carboxylic acids is 1. The fourth-order valence-electron chi connectivity index (χ4n) is 6.54. The Morgan fingerprint density at radius 3 is 2.49 bits per heavy atom. The lowest BCUT2D eigenvalue weighted by Crippen LogP contribution is -2.42. The van der Waals surface area contributed by atoms with Crippen molar-refractivity contribution in [3.8, 4) is 22.4 Å². The van der Waals surface area contributed by atoms with Gasteiger partial charge in [-0.2, -0.15) is 0 Å². The summed E-state index contributed by atoms with van der Waals surface area (Å²) < 4.78 is 5.69. The number of carboxylic acid groups (broad SMARTS) is 1. The van der Waals surface area contributed by atoms with Gasteiger partial charge in [0.1, 0.15) is 5.82 Å². The molecule has 2 aliphatic heterocycles. The summed E-state index contributed by atoms with van der Waals surface area (Å²) in [7, 11) is 0. The summed E-state index contributed by atoms with van der Waals surface area (Å²) in [6, 6.07) is 11.9. The minimum absolute atomic E-state index is 0.0487. The van der Waals surface area contributed by atoms with Crippen LogP contribution in [0.4, 0.5) is 10.9 Å². The van der Waals surface area contributed by atoms with Crippen molar-refractivity contribution in [2.75, 3.05) is 29.6 Å². The minimum Gasteiger partial charge on any atom is -0.481 e. The van der Waals surface area contributed by atoms with Gasteiger partial charge in [-0.05, 0) is 61.1 Å². The molecule has 2 saturated heterocycles. The van der Waals surface area contributed by atoms with Crippen molar-refractivity contribution < 1.29 is 24.2 Å². The van der Waals surface area contributed by atoms with Gasteiger partial charge in [-0.3, -0.25) is 24.2 Å². The highest BCUT2D eigenvalue weighted by molar-refractivity contribution is 7.14. The second kappa shape index (κ2) is 12.5. The number of amides is 2. The van der Waals surface area contributed by atoms with E-state index in [1.807, 2.05) is 41.8 Å². The highest BCUT2D eigenvalue weighted by Crippen LogP contribution is 2.41. The maximum atomic E-state index is 14.1. The quantitative estimate of drug-likeness (QED) is 0.308. The molecule has 2 aromatic heterocycles. The Balaban J connectivity index is 1.26. The molecular weight excluding hydrogens is 564 g/mol. The number of carbonyl (C=O) groups excluding carboxylic acids is 2. The van der Waals surface area contributed by atoms with Gasteiger partial charge in [-0.1, -0.05) is 38.1 Å². The highest BCUT2D eigenvalue weighted by atomic mass is 32.1. The summed E-state index contributed by atoms with van der Waals surface area (Å²) in [5.41, 5.74) is 3.56. The Labute approximate surface area is 255 Å². The number of ether oxygens (including phenoxy) is 1. The number of rotatable bonds is 10. The van der Waals surface area contributed by atoms with Crippen LogP contribution in [0.5, 0.6) is 0 Å². The fraction of sp³-hybridized carbons (Fsp3) is 0.485. The van der Waals surface area contributed by atoms with Crippen molar-refractivity contribution in [1.29, 1.82) is 0 Å². The van der Waals surface area contributed by atoms with E-state index in [-0.39, 0.29) is 42.0 Å². The molecule has 10 heteroatoms. The maximum Gasteiger partial charge on any atom is 0.304 e. The molecular formula is C33H38N4O5S. The standard InChI is InChI=1S/C33H38N4O5S/c1-20-17-42-18-21(2)27(20)14-23(15-31(39)40)32(41)37(24-10-11-24)33-35-28(19-43-33)26-7-4-3-6-25(26)22-9-12-29(34-16-22)36-13-5-8-30(36)38/h3-4,6-7,9,12,16,19-21,23-24,27H,5,8,10-11,13-15,17-18H2,1-2H3,(H,39,40)/t20-,21+,23-,27?/m1/s1. The van der Waals surface area contributed by atoms with Crippen molar-refractivity contribution >= 4 is 40.1 Å². The van der Waals surface area contributed by atoms with Gasteiger partial charge in [0.25, 0.3) is 0 Å². The van der Waals surface area contributed by atoms with E-state index in [1.54, 1.807) is 16.0 Å². The molecule has 43 heavy (non-hydrogen) atoms. The van der Waals surface area contributed by atoms with Gasteiger partial charge in [0.2, 0.25) is 11.8 Å². The molecule has 0 spiro atoms. The summed E-state index contributed by atoms with van der Waals surface area (Å²) in [6.07, 6.45) is 5.32. The first-order chi connectivity index (χ1) is 20.8. The smallest absolute Gasteiger partial charge is 0.304 e. The van der Waals surface area contributed by atoms with E-state index in [2.05, 4.69) is 18.8 Å². The van der Waals surface area contributed by atoms with Crippen LogP contribution in [0.25, 0.3) is 22.4 Å². The SMILES string of the molecule is C[C@@H]1COC[C@H](C)C1C[C@H](CC(=O)O)C(=O)N(c1nc(-c2ccccc2-c2ccc(N3CCCC3=O)nc2)cs1)C1CC1. The summed E-state index contributed by atoms with van der Waals surface area (Å²) in [4.78, 5) is 51.2. The topological polar surface area (TPSA) is 113 Å². The van der Waals surface area contributed by atoms with E-state index in [0.717, 1.165) is 41.6 Å². The monoisotopic (exact) mass is 602 g/mol. The number of hydrogen-bond donors (Lipinski definition) is 1. The van der Waals surface area contributed by atoms with Gasteiger partial charge in [-0.25, -0.2) is 9.97 Å². The van der Waals surface area contributed by atoms with Crippen molar-refractivity contribution in [2.24, 2.45) is 23.7 Å². The molecule has 2 amide bonds. The van der Waals surface area contributed by atoms with E-state index in [4.69, 9.17) is 9.72 Å². The van der Waals surface area contributed by atoms with Crippen LogP contribution in [-0.4, -0.2) is 58.7 Å². The van der Waals surface area contributed by atoms with E-state index < -0.39 is 11.9 Å². The number of hydrogen-bond acceptors (Lipinski definition) is 7. The normalized spacial score (nSPS) is 22.9. The van der Waals surface area contributed by atoms with Crippen molar-refractivity contribution in [3.63, 3.8) is 0 Å². The first-order valence-electron chi connectivity index (χ1n) is 15.2. The Kier molecular flexibility index (Phi) is 8.59. The van der Waals surface area contributed by atoms with Gasteiger partial charge in [0, 0.05) is 60.8 Å². The molecule has 0 bridgehead atoms. The molecule has 226 valence electrons. The van der Waals surface area contributed by atoms with E-state index in [9.17, 15) is 19.5 Å². The van der Waals surface area contributed by atoms with E-state index in [1.165, 1.54) is 11.3 Å². The molecule has 1 aromatic carbocycles. The molecule has 1 aliphatic carbocycles. The molecule has 9 nitrogen and oxygen atoms in total. The lowest BCUT2D eigenvalue weighted by atomic mass is 9.75. The lowest BCUT2D eigenvalue weighted by Gasteiger charge is -2.37. The first-order valence-corrected chi connectivity index (χ1v) is 16.1. The molecule has 3 aromatic rings. The number of carbonyl (C=O) groups is 3. The summed E-state index contributed by atoms with van der Waals surface area (Å²) in [6.45, 7) is 6.22. The van der Waals surface area contributed by atoms with Gasteiger partial charge in [0.05, 0.1) is 12.1 Å². The Morgan fingerprint density at radius 1 is 1.12 bits per heavy atom. The third kappa shape index (κ3) is 6.35. The predicted octanol–water partition coefficient (Wildman–Crippen LogP) is 5.89. The Bertz CT molecular complexity index is 1480. The van der Waals surface area contributed by atoms with E-state index >= 15 is 0 Å². The number of thiazole rings is 1. The zero-order valence-corrected chi connectivity index (χ0v) is 25.5. The van der Waals surface area contributed by atoms with Crippen molar-refractivity contribution in [3.05, 3.63) is 48.0 Å². The van der Waals surface area contributed by atoms with E-state index in [0.29, 0.717) is 43.5 Å². The third-order valence-corrected chi connectivity index (χ3v) is 9.85. The number of carboxylic acids is 1. The summed E-state index contributed by atoms with van der Waals surface area (Å²) >= 11 is 1.42. The van der Waals surface area contributed by atoms with Crippen LogP contribution in [0.15, 0.2) is 48.0 Å². The van der Waals surface area contributed by atoms with Crippen LogP contribution in [0, 0.1) is 23.7 Å². The molecule has 6 rings (SSSR count). The van der Waals surface area contributed by atoms with Crippen molar-refractivity contribution in [2.45, 2.75) is 58.4 Å². The van der Waals surface area contributed by atoms with Gasteiger partial charge in [0.15, 0.2) is 5.13 Å².